The summed E-state index contributed by atoms with van der Waals surface area (Å²) in [6, 6.07) is 7.69. The molecule has 0 bridgehead atoms. The molecule has 4 nitrogen and oxygen atoms in total. The Morgan fingerprint density at radius 1 is 1.12 bits per heavy atom. The van der Waals surface area contributed by atoms with Crippen LogP contribution in [0.5, 0.6) is 5.88 Å². The zero-order chi connectivity index (χ0) is 17.9. The normalized spacial score (nSPS) is 14.1. The van der Waals surface area contributed by atoms with E-state index >= 15 is 0 Å². The van der Waals surface area contributed by atoms with Crippen LogP contribution in [-0.2, 0) is 11.0 Å². The van der Waals surface area contributed by atoms with E-state index < -0.39 is 17.6 Å². The maximum absolute atomic E-state index is 12.8. The molecule has 4 rings (SSSR count). The Morgan fingerprint density at radius 3 is 2.60 bits per heavy atom. The Bertz CT molecular complexity index is 1180. The summed E-state index contributed by atoms with van der Waals surface area (Å²) in [6.45, 7) is 0. The molecule has 126 valence electrons. The average Bonchev–Trinajstić information content (AvgIpc) is 3.00. The van der Waals surface area contributed by atoms with Crippen LogP contribution in [0.4, 0.5) is 13.2 Å². The van der Waals surface area contributed by atoms with Crippen molar-refractivity contribution < 1.29 is 23.1 Å². The first-order chi connectivity index (χ1) is 11.8. The maximum Gasteiger partial charge on any atom is 0.416 e. The molecule has 0 radical (unpaired) electrons. The van der Waals surface area contributed by atoms with E-state index in [2.05, 4.69) is 9.98 Å². The molecular weight excluding hydrogens is 357 g/mol. The van der Waals surface area contributed by atoms with Crippen molar-refractivity contribution in [2.24, 2.45) is 4.99 Å². The van der Waals surface area contributed by atoms with Gasteiger partial charge < -0.3 is 10.1 Å². The minimum absolute atomic E-state index is 0.0368. The Labute approximate surface area is 142 Å². The van der Waals surface area contributed by atoms with Crippen LogP contribution in [0.3, 0.4) is 0 Å². The summed E-state index contributed by atoms with van der Waals surface area (Å²) < 4.78 is 38.5. The molecule has 1 amide bonds. The number of hydrogen-bond donors (Lipinski definition) is 2. The van der Waals surface area contributed by atoms with Gasteiger partial charge in [-0.15, -0.1) is 0 Å². The van der Waals surface area contributed by atoms with Crippen LogP contribution in [-0.4, -0.2) is 16.0 Å². The van der Waals surface area contributed by atoms with Crippen LogP contribution in [0.25, 0.3) is 16.5 Å². The highest BCUT2D eigenvalue weighted by Gasteiger charge is 2.32. The highest BCUT2D eigenvalue weighted by Crippen LogP contribution is 2.35. The standard InChI is InChI=1S/C17H8ClF3N2O2/c18-8-2-4-11-10(6-8)14(16(25)22-11)13-9-3-1-7(17(19,20)21)5-12(9)23-15(13)24/h1-6,22,25H. The number of H-pyrrole nitrogens is 1. The lowest BCUT2D eigenvalue weighted by molar-refractivity contribution is -0.137. The number of carbonyl (C=O) groups excluding carboxylic acids is 1. The fourth-order valence-electron chi connectivity index (χ4n) is 2.94. The van der Waals surface area contributed by atoms with Gasteiger partial charge in [0.15, 0.2) is 5.88 Å². The molecule has 1 aliphatic heterocycles. The quantitative estimate of drug-likeness (QED) is 0.697. The Morgan fingerprint density at radius 2 is 1.88 bits per heavy atom. The molecule has 0 unspecified atom stereocenters. The van der Waals surface area contributed by atoms with E-state index in [1.807, 2.05) is 0 Å². The Balaban J connectivity index is 2.07. The van der Waals surface area contributed by atoms with E-state index in [-0.39, 0.29) is 27.6 Å². The van der Waals surface area contributed by atoms with Gasteiger partial charge in [0.2, 0.25) is 0 Å². The molecule has 0 fully saturated rings. The highest BCUT2D eigenvalue weighted by atomic mass is 35.5. The summed E-state index contributed by atoms with van der Waals surface area (Å²) in [4.78, 5) is 18.7. The topological polar surface area (TPSA) is 65.4 Å². The number of aromatic nitrogens is 1. The minimum Gasteiger partial charge on any atom is -0.494 e. The summed E-state index contributed by atoms with van der Waals surface area (Å²) in [7, 11) is 0. The second-order valence-electron chi connectivity index (χ2n) is 5.56. The molecule has 0 atom stereocenters. The molecule has 2 heterocycles. The van der Waals surface area contributed by atoms with Crippen LogP contribution < -0.4 is 10.6 Å². The van der Waals surface area contributed by atoms with Crippen LogP contribution in [0.1, 0.15) is 11.1 Å². The van der Waals surface area contributed by atoms with Crippen molar-refractivity contribution in [2.75, 3.05) is 0 Å². The fraction of sp³-hybridized carbons (Fsp3) is 0.0588. The lowest BCUT2D eigenvalue weighted by Gasteiger charge is -2.05. The lowest BCUT2D eigenvalue weighted by Crippen LogP contribution is -2.25. The molecule has 2 aromatic carbocycles. The second-order valence-corrected chi connectivity index (χ2v) is 6.00. The summed E-state index contributed by atoms with van der Waals surface area (Å²) in [5.74, 6) is -0.992. The van der Waals surface area contributed by atoms with Crippen molar-refractivity contribution in [3.63, 3.8) is 0 Å². The molecule has 8 heteroatoms. The number of carbonyl (C=O) groups is 1. The first-order valence-electron chi connectivity index (χ1n) is 7.11. The van der Waals surface area contributed by atoms with Crippen molar-refractivity contribution in [1.29, 1.82) is 0 Å². The smallest absolute Gasteiger partial charge is 0.416 e. The van der Waals surface area contributed by atoms with E-state index in [4.69, 9.17) is 11.6 Å². The second kappa shape index (κ2) is 5.10. The monoisotopic (exact) mass is 364 g/mol. The largest absolute Gasteiger partial charge is 0.494 e. The summed E-state index contributed by atoms with van der Waals surface area (Å²) in [6.07, 6.45) is -4.53. The molecule has 0 spiro atoms. The third-order valence-electron chi connectivity index (χ3n) is 4.02. The van der Waals surface area contributed by atoms with Gasteiger partial charge in [-0.2, -0.15) is 13.2 Å². The first-order valence-corrected chi connectivity index (χ1v) is 7.48. The molecule has 0 saturated carbocycles. The van der Waals surface area contributed by atoms with Crippen LogP contribution in [0.15, 0.2) is 41.4 Å². The van der Waals surface area contributed by atoms with E-state index in [9.17, 15) is 23.1 Å². The molecule has 1 aromatic heterocycles. The first kappa shape index (κ1) is 15.7. The minimum atomic E-state index is -4.53. The van der Waals surface area contributed by atoms with Gasteiger partial charge in [-0.3, -0.25) is 4.79 Å². The van der Waals surface area contributed by atoms with Gasteiger partial charge in [-0.05, 0) is 30.3 Å². The molecule has 0 saturated heterocycles. The van der Waals surface area contributed by atoms with Gasteiger partial charge >= 0.3 is 6.18 Å². The molecule has 3 aromatic rings. The number of amides is 1. The molecular formula is C17H8ClF3N2O2. The third-order valence-corrected chi connectivity index (χ3v) is 4.26. The van der Waals surface area contributed by atoms with Gasteiger partial charge in [-0.1, -0.05) is 17.7 Å². The SMILES string of the molecule is O=C1N=c2cc(C(F)(F)F)ccc2=C1c1c(O)[nH]c2ccc(Cl)cc12. The van der Waals surface area contributed by atoms with Crippen molar-refractivity contribution >= 4 is 34.0 Å². The Hall–Kier alpha value is -2.80. The molecule has 0 aliphatic carbocycles. The number of alkyl halides is 3. The maximum atomic E-state index is 12.8. The number of nitrogens with one attached hydrogen (secondary N) is 1. The number of benzene rings is 2. The molecule has 25 heavy (non-hydrogen) atoms. The number of aromatic hydroxyl groups is 1. The number of rotatable bonds is 1. The highest BCUT2D eigenvalue weighted by molar-refractivity contribution is 6.32. The number of fused-ring (bicyclic) bond motifs is 2. The number of hydrogen-bond acceptors (Lipinski definition) is 2. The van der Waals surface area contributed by atoms with E-state index in [1.54, 1.807) is 18.2 Å². The van der Waals surface area contributed by atoms with Crippen LogP contribution in [0.2, 0.25) is 5.02 Å². The summed E-state index contributed by atoms with van der Waals surface area (Å²) >= 11 is 5.98. The zero-order valence-electron chi connectivity index (χ0n) is 12.3. The van der Waals surface area contributed by atoms with Gasteiger partial charge in [0.25, 0.3) is 5.91 Å². The number of nitrogens with zero attached hydrogens (tertiary/aromatic N) is 1. The van der Waals surface area contributed by atoms with Gasteiger partial charge in [0, 0.05) is 21.1 Å². The van der Waals surface area contributed by atoms with Crippen LogP contribution >= 0.6 is 11.6 Å². The van der Waals surface area contributed by atoms with Gasteiger partial charge in [-0.25, -0.2) is 4.99 Å². The van der Waals surface area contributed by atoms with Gasteiger partial charge in [0.1, 0.15) is 0 Å². The van der Waals surface area contributed by atoms with E-state index in [1.165, 1.54) is 6.07 Å². The predicted octanol–water partition coefficient (Wildman–Crippen LogP) is 2.90. The molecule has 1 aliphatic rings. The van der Waals surface area contributed by atoms with E-state index in [0.717, 1.165) is 12.1 Å². The van der Waals surface area contributed by atoms with Crippen molar-refractivity contribution in [1.82, 2.24) is 4.98 Å². The lowest BCUT2D eigenvalue weighted by atomic mass is 10.0. The Kier molecular flexibility index (Phi) is 3.20. The fourth-order valence-corrected chi connectivity index (χ4v) is 3.11. The van der Waals surface area contributed by atoms with Crippen molar-refractivity contribution in [2.45, 2.75) is 6.18 Å². The van der Waals surface area contributed by atoms with Crippen LogP contribution in [0, 0.1) is 0 Å². The zero-order valence-corrected chi connectivity index (χ0v) is 13.0. The summed E-state index contributed by atoms with van der Waals surface area (Å²) in [5.41, 5.74) is -0.146. The third kappa shape index (κ3) is 2.39. The van der Waals surface area contributed by atoms with Gasteiger partial charge in [0.05, 0.1) is 22.1 Å². The predicted molar refractivity (Wildman–Crippen MR) is 84.7 cm³/mol. The van der Waals surface area contributed by atoms with E-state index in [0.29, 0.717) is 15.9 Å². The summed E-state index contributed by atoms with van der Waals surface area (Å²) in [5, 5.41) is 11.2. The average molecular weight is 365 g/mol. The van der Waals surface area contributed by atoms with Crippen molar-refractivity contribution in [3.05, 3.63) is 63.1 Å². The van der Waals surface area contributed by atoms with Crippen molar-refractivity contribution in [3.8, 4) is 5.88 Å². The molecule has 2 N–H and O–H groups in total. The number of aromatic amines is 1. The number of halogens is 4.